The minimum atomic E-state index is -1.56. The zero-order valence-corrected chi connectivity index (χ0v) is 13.2. The van der Waals surface area contributed by atoms with Crippen molar-refractivity contribution in [2.75, 3.05) is 6.54 Å². The zero-order valence-electron chi connectivity index (χ0n) is 13.2. The van der Waals surface area contributed by atoms with Crippen LogP contribution in [0.1, 0.15) is 31.2 Å². The third kappa shape index (κ3) is 4.01. The summed E-state index contributed by atoms with van der Waals surface area (Å²) in [4.78, 5) is 34.1. The summed E-state index contributed by atoms with van der Waals surface area (Å²) in [6, 6.07) is 3.96. The van der Waals surface area contributed by atoms with Crippen LogP contribution in [-0.2, 0) is 15.0 Å². The minimum absolute atomic E-state index is 0.292. The van der Waals surface area contributed by atoms with Crippen LogP contribution in [0.15, 0.2) is 24.3 Å². The fourth-order valence-electron chi connectivity index (χ4n) is 3.14. The Bertz CT molecular complexity index is 613. The molecule has 4 amide bonds. The molecule has 0 aromatic heterocycles. The lowest BCUT2D eigenvalue weighted by Crippen LogP contribution is -2.56. The molecule has 6 N–H and O–H groups in total. The highest BCUT2D eigenvalue weighted by atomic mass is 19.1. The number of nitrogens with two attached hydrogens (primary N) is 2. The van der Waals surface area contributed by atoms with E-state index in [-0.39, 0.29) is 11.2 Å². The predicted molar refractivity (Wildman–Crippen MR) is 85.3 cm³/mol. The van der Waals surface area contributed by atoms with Crippen LogP contribution in [0.25, 0.3) is 0 Å². The van der Waals surface area contributed by atoms with Crippen LogP contribution in [-0.4, -0.2) is 30.4 Å². The summed E-state index contributed by atoms with van der Waals surface area (Å²) in [5.41, 5.74) is 10.7. The summed E-state index contributed by atoms with van der Waals surface area (Å²) in [6.07, 6.45) is 3.72. The second-order valence-electron chi connectivity index (χ2n) is 6.06. The molecule has 1 aliphatic rings. The number of primary amides is 2. The maximum atomic E-state index is 13.1. The summed E-state index contributed by atoms with van der Waals surface area (Å²) in [5.74, 6) is -2.36. The van der Waals surface area contributed by atoms with Gasteiger partial charge in [-0.3, -0.25) is 9.59 Å². The molecule has 0 bridgehead atoms. The Morgan fingerprint density at radius 1 is 1.08 bits per heavy atom. The molecule has 1 aromatic rings. The topological polar surface area (TPSA) is 127 Å². The Morgan fingerprint density at radius 3 is 2.12 bits per heavy atom. The van der Waals surface area contributed by atoms with Gasteiger partial charge >= 0.3 is 6.03 Å². The molecule has 0 atom stereocenters. The second kappa shape index (κ2) is 7.29. The standard InChI is InChI=1S/C16H21FN4O3/c17-11-5-3-10(4-6-11)16(7-1-2-8-16)9-20-15(24)21-12(13(18)22)14(19)23/h3-6,12H,1-2,7-9H2,(H2,18,22)(H2,19,23)(H2,20,21,24). The van der Waals surface area contributed by atoms with E-state index in [4.69, 9.17) is 11.5 Å². The lowest BCUT2D eigenvalue weighted by molar-refractivity contribution is -0.128. The molecule has 24 heavy (non-hydrogen) atoms. The van der Waals surface area contributed by atoms with Crippen molar-refractivity contribution in [3.05, 3.63) is 35.6 Å². The van der Waals surface area contributed by atoms with Crippen molar-refractivity contribution >= 4 is 17.8 Å². The maximum Gasteiger partial charge on any atom is 0.315 e. The highest BCUT2D eigenvalue weighted by molar-refractivity contribution is 6.05. The average molecular weight is 336 g/mol. The summed E-state index contributed by atoms with van der Waals surface area (Å²) >= 11 is 0. The predicted octanol–water partition coefficient (Wildman–Crippen LogP) is 0.276. The molecule has 0 radical (unpaired) electrons. The molecule has 0 unspecified atom stereocenters. The SMILES string of the molecule is NC(=O)C(NC(=O)NCC1(c2ccc(F)cc2)CCCC1)C(N)=O. The fourth-order valence-corrected chi connectivity index (χ4v) is 3.14. The van der Waals surface area contributed by atoms with E-state index in [1.165, 1.54) is 12.1 Å². The highest BCUT2D eigenvalue weighted by Crippen LogP contribution is 2.40. The third-order valence-corrected chi connectivity index (χ3v) is 4.45. The summed E-state index contributed by atoms with van der Waals surface area (Å²) in [6.45, 7) is 0.300. The molecular weight excluding hydrogens is 315 g/mol. The lowest BCUT2D eigenvalue weighted by atomic mass is 9.79. The highest BCUT2D eigenvalue weighted by Gasteiger charge is 2.36. The summed E-state index contributed by atoms with van der Waals surface area (Å²) in [7, 11) is 0. The Hall–Kier alpha value is -2.64. The molecule has 130 valence electrons. The summed E-state index contributed by atoms with van der Waals surface area (Å²) in [5, 5.41) is 4.82. The Labute approximate surface area is 139 Å². The van der Waals surface area contributed by atoms with Crippen molar-refractivity contribution in [1.82, 2.24) is 10.6 Å². The number of rotatable bonds is 6. The number of hydrogen-bond acceptors (Lipinski definition) is 3. The first-order chi connectivity index (χ1) is 11.3. The van der Waals surface area contributed by atoms with Crippen molar-refractivity contribution in [3.63, 3.8) is 0 Å². The number of halogens is 1. The molecule has 2 rings (SSSR count). The van der Waals surface area contributed by atoms with Crippen molar-refractivity contribution in [1.29, 1.82) is 0 Å². The maximum absolute atomic E-state index is 13.1. The summed E-state index contributed by atoms with van der Waals surface area (Å²) < 4.78 is 13.1. The number of hydrogen-bond donors (Lipinski definition) is 4. The molecular formula is C16H21FN4O3. The van der Waals surface area contributed by atoms with Crippen LogP contribution in [0.5, 0.6) is 0 Å². The Kier molecular flexibility index (Phi) is 5.38. The number of urea groups is 1. The minimum Gasteiger partial charge on any atom is -0.367 e. The monoisotopic (exact) mass is 336 g/mol. The van der Waals surface area contributed by atoms with Crippen LogP contribution < -0.4 is 22.1 Å². The average Bonchev–Trinajstić information content (AvgIpc) is 3.00. The van der Waals surface area contributed by atoms with Crippen molar-refractivity contribution < 1.29 is 18.8 Å². The van der Waals surface area contributed by atoms with Gasteiger partial charge in [-0.1, -0.05) is 25.0 Å². The molecule has 0 spiro atoms. The lowest BCUT2D eigenvalue weighted by Gasteiger charge is -2.30. The number of amides is 4. The molecule has 1 fully saturated rings. The van der Waals surface area contributed by atoms with Gasteiger partial charge in [-0.25, -0.2) is 9.18 Å². The first kappa shape index (κ1) is 17.7. The number of nitrogens with one attached hydrogen (secondary N) is 2. The van der Waals surface area contributed by atoms with E-state index in [1.807, 2.05) is 0 Å². The number of benzene rings is 1. The van der Waals surface area contributed by atoms with Gasteiger partial charge < -0.3 is 22.1 Å². The molecule has 1 saturated carbocycles. The van der Waals surface area contributed by atoms with E-state index in [0.29, 0.717) is 6.54 Å². The van der Waals surface area contributed by atoms with Gasteiger partial charge in [0.1, 0.15) is 5.82 Å². The number of carbonyl (C=O) groups is 3. The number of carbonyl (C=O) groups excluding carboxylic acids is 3. The van der Waals surface area contributed by atoms with Gasteiger partial charge in [-0.05, 0) is 30.5 Å². The van der Waals surface area contributed by atoms with Crippen LogP contribution in [0, 0.1) is 5.82 Å². The molecule has 1 aliphatic carbocycles. The van der Waals surface area contributed by atoms with Crippen LogP contribution >= 0.6 is 0 Å². The molecule has 1 aromatic carbocycles. The van der Waals surface area contributed by atoms with Crippen LogP contribution in [0.4, 0.5) is 9.18 Å². The smallest absolute Gasteiger partial charge is 0.315 e. The molecule has 7 nitrogen and oxygen atoms in total. The van der Waals surface area contributed by atoms with Crippen LogP contribution in [0.2, 0.25) is 0 Å². The van der Waals surface area contributed by atoms with Gasteiger partial charge in [0, 0.05) is 12.0 Å². The van der Waals surface area contributed by atoms with E-state index < -0.39 is 23.9 Å². The van der Waals surface area contributed by atoms with Crippen molar-refractivity contribution in [2.45, 2.75) is 37.1 Å². The van der Waals surface area contributed by atoms with E-state index >= 15 is 0 Å². The van der Waals surface area contributed by atoms with Crippen molar-refractivity contribution in [3.8, 4) is 0 Å². The second-order valence-corrected chi connectivity index (χ2v) is 6.06. The van der Waals surface area contributed by atoms with Crippen molar-refractivity contribution in [2.24, 2.45) is 11.5 Å². The first-order valence-corrected chi connectivity index (χ1v) is 7.73. The van der Waals surface area contributed by atoms with Gasteiger partial charge in [-0.2, -0.15) is 0 Å². The van der Waals surface area contributed by atoms with E-state index in [1.54, 1.807) is 12.1 Å². The van der Waals surface area contributed by atoms with Gasteiger partial charge in [0.15, 0.2) is 6.04 Å². The van der Waals surface area contributed by atoms with E-state index in [2.05, 4.69) is 10.6 Å². The van der Waals surface area contributed by atoms with Gasteiger partial charge in [0.05, 0.1) is 0 Å². The molecule has 8 heteroatoms. The van der Waals surface area contributed by atoms with E-state index in [9.17, 15) is 18.8 Å². The molecule has 0 heterocycles. The fraction of sp³-hybridized carbons (Fsp3) is 0.438. The third-order valence-electron chi connectivity index (χ3n) is 4.45. The Balaban J connectivity index is 2.04. The first-order valence-electron chi connectivity index (χ1n) is 7.73. The van der Waals surface area contributed by atoms with Gasteiger partial charge in [0.2, 0.25) is 11.8 Å². The van der Waals surface area contributed by atoms with Crippen LogP contribution in [0.3, 0.4) is 0 Å². The molecule has 0 saturated heterocycles. The zero-order chi connectivity index (χ0) is 17.7. The molecule has 0 aliphatic heterocycles. The largest absolute Gasteiger partial charge is 0.367 e. The van der Waals surface area contributed by atoms with Gasteiger partial charge in [0.25, 0.3) is 0 Å². The Morgan fingerprint density at radius 2 is 1.62 bits per heavy atom. The van der Waals surface area contributed by atoms with E-state index in [0.717, 1.165) is 31.2 Å². The normalized spacial score (nSPS) is 15.9. The quantitative estimate of drug-likeness (QED) is 0.557. The van der Waals surface area contributed by atoms with Gasteiger partial charge in [-0.15, -0.1) is 0 Å².